The van der Waals surface area contributed by atoms with Crippen LogP contribution in [0.4, 0.5) is 0 Å². The van der Waals surface area contributed by atoms with Gasteiger partial charge in [-0.25, -0.2) is 0 Å². The first-order valence-corrected chi connectivity index (χ1v) is 7.74. The van der Waals surface area contributed by atoms with E-state index < -0.39 is 0 Å². The number of hydrogen-bond donors (Lipinski definition) is 1. The highest BCUT2D eigenvalue weighted by Gasteiger charge is 2.34. The molecule has 0 aromatic carbocycles. The molecule has 5 heteroatoms. The van der Waals surface area contributed by atoms with Crippen molar-refractivity contribution in [3.8, 4) is 0 Å². The van der Waals surface area contributed by atoms with Gasteiger partial charge in [0.15, 0.2) is 0 Å². The molecule has 1 saturated carbocycles. The van der Waals surface area contributed by atoms with Crippen LogP contribution in [0.3, 0.4) is 0 Å². The smallest absolute Gasteiger partial charge is 0.225 e. The molecule has 1 aliphatic carbocycles. The summed E-state index contributed by atoms with van der Waals surface area (Å²) in [6.45, 7) is 1.38. The zero-order chi connectivity index (χ0) is 13.1. The molecule has 19 heavy (non-hydrogen) atoms. The van der Waals surface area contributed by atoms with Crippen molar-refractivity contribution in [2.75, 3.05) is 13.2 Å². The highest BCUT2D eigenvalue weighted by Crippen LogP contribution is 2.26. The number of fused-ring (bicyclic) bond motifs is 1. The maximum absolute atomic E-state index is 12.0. The van der Waals surface area contributed by atoms with Gasteiger partial charge in [-0.15, -0.1) is 11.3 Å². The van der Waals surface area contributed by atoms with E-state index >= 15 is 0 Å². The van der Waals surface area contributed by atoms with E-state index in [1.807, 2.05) is 17.5 Å². The normalized spacial score (nSPS) is 30.6. The van der Waals surface area contributed by atoms with E-state index in [2.05, 4.69) is 5.32 Å². The molecule has 0 spiro atoms. The molecule has 0 unspecified atom stereocenters. The summed E-state index contributed by atoms with van der Waals surface area (Å²) in [7, 11) is 0. The molecule has 1 aromatic heterocycles. The summed E-state index contributed by atoms with van der Waals surface area (Å²) in [5.74, 6) is 0.114. The Morgan fingerprint density at radius 3 is 2.95 bits per heavy atom. The number of rotatable bonds is 3. The maximum atomic E-state index is 12.0. The van der Waals surface area contributed by atoms with Crippen molar-refractivity contribution in [1.82, 2.24) is 5.32 Å². The second kappa shape index (κ2) is 6.03. The van der Waals surface area contributed by atoms with Crippen molar-refractivity contribution < 1.29 is 14.3 Å². The molecule has 1 saturated heterocycles. The molecule has 1 aromatic rings. The Balaban J connectivity index is 1.49. The molecule has 3 rings (SSSR count). The van der Waals surface area contributed by atoms with Gasteiger partial charge >= 0.3 is 0 Å². The van der Waals surface area contributed by atoms with E-state index in [9.17, 15) is 4.79 Å². The van der Waals surface area contributed by atoms with Crippen LogP contribution in [0.2, 0.25) is 0 Å². The largest absolute Gasteiger partial charge is 0.373 e. The minimum absolute atomic E-state index is 0.114. The zero-order valence-corrected chi connectivity index (χ0v) is 11.7. The predicted molar refractivity (Wildman–Crippen MR) is 73.3 cm³/mol. The fraction of sp³-hybridized carbons (Fsp3) is 0.643. The molecule has 4 nitrogen and oxygen atoms in total. The number of carbonyl (C=O) groups is 1. The first-order chi connectivity index (χ1) is 9.31. The Hall–Kier alpha value is -0.910. The molecule has 3 atom stereocenters. The van der Waals surface area contributed by atoms with Crippen LogP contribution in [0.15, 0.2) is 17.5 Å². The summed E-state index contributed by atoms with van der Waals surface area (Å²) in [6.07, 6.45) is 3.73. The molecule has 1 amide bonds. The minimum atomic E-state index is 0.114. The van der Waals surface area contributed by atoms with Gasteiger partial charge in [-0.1, -0.05) is 6.07 Å². The molecule has 0 bridgehead atoms. The molecule has 1 aliphatic heterocycles. The van der Waals surface area contributed by atoms with Crippen molar-refractivity contribution in [2.45, 2.75) is 43.9 Å². The molecule has 104 valence electrons. The summed E-state index contributed by atoms with van der Waals surface area (Å²) < 4.78 is 11.4. The van der Waals surface area contributed by atoms with Crippen LogP contribution >= 0.6 is 11.3 Å². The number of nitrogens with one attached hydrogen (secondary N) is 1. The molecular weight excluding hydrogens is 262 g/mol. The fourth-order valence-electron chi connectivity index (χ4n) is 2.85. The van der Waals surface area contributed by atoms with Gasteiger partial charge in [-0.3, -0.25) is 4.79 Å². The second-order valence-corrected chi connectivity index (χ2v) is 6.18. The lowest BCUT2D eigenvalue weighted by molar-refractivity contribution is -0.158. The Morgan fingerprint density at radius 1 is 1.32 bits per heavy atom. The highest BCUT2D eigenvalue weighted by molar-refractivity contribution is 7.10. The Bertz CT molecular complexity index is 420. The fourth-order valence-corrected chi connectivity index (χ4v) is 3.55. The van der Waals surface area contributed by atoms with Crippen LogP contribution in [-0.2, 0) is 20.7 Å². The number of carbonyl (C=O) groups excluding carboxylic acids is 1. The van der Waals surface area contributed by atoms with Crippen molar-refractivity contribution in [1.29, 1.82) is 0 Å². The third kappa shape index (κ3) is 3.35. The monoisotopic (exact) mass is 281 g/mol. The van der Waals surface area contributed by atoms with Crippen LogP contribution in [0.5, 0.6) is 0 Å². The average molecular weight is 281 g/mol. The third-order valence-corrected chi connectivity index (χ3v) is 4.63. The lowest BCUT2D eigenvalue weighted by Crippen LogP contribution is -2.49. The van der Waals surface area contributed by atoms with Crippen LogP contribution in [-0.4, -0.2) is 37.4 Å². The van der Waals surface area contributed by atoms with Gasteiger partial charge in [0.1, 0.15) is 0 Å². The third-order valence-electron chi connectivity index (χ3n) is 3.76. The number of amides is 1. The first kappa shape index (κ1) is 13.1. The molecule has 1 N–H and O–H groups in total. The topological polar surface area (TPSA) is 47.6 Å². The molecular formula is C14H19NO3S. The van der Waals surface area contributed by atoms with Gasteiger partial charge in [0.2, 0.25) is 5.91 Å². The Morgan fingerprint density at radius 2 is 2.16 bits per heavy atom. The second-order valence-electron chi connectivity index (χ2n) is 5.15. The zero-order valence-electron chi connectivity index (χ0n) is 10.8. The Kier molecular flexibility index (Phi) is 4.15. The summed E-state index contributed by atoms with van der Waals surface area (Å²) in [5.41, 5.74) is 0. The van der Waals surface area contributed by atoms with Gasteiger partial charge in [-0.2, -0.15) is 0 Å². The van der Waals surface area contributed by atoms with Crippen molar-refractivity contribution in [2.24, 2.45) is 0 Å². The lowest BCUT2D eigenvalue weighted by Gasteiger charge is -2.39. The standard InChI is InChI=1S/C14H19NO3S/c16-14(9-11-2-1-7-19-11)15-10-3-4-12-13(8-10)18-6-5-17-12/h1-2,7,10,12-13H,3-6,8-9H2,(H,15,16)/t10-,12+,13-/m1/s1. The highest BCUT2D eigenvalue weighted by atomic mass is 32.1. The van der Waals surface area contributed by atoms with Crippen LogP contribution in [0.1, 0.15) is 24.1 Å². The summed E-state index contributed by atoms with van der Waals surface area (Å²) in [6, 6.07) is 4.21. The van der Waals surface area contributed by atoms with E-state index in [0.29, 0.717) is 19.6 Å². The maximum Gasteiger partial charge on any atom is 0.225 e. The van der Waals surface area contributed by atoms with Gasteiger partial charge < -0.3 is 14.8 Å². The molecule has 2 heterocycles. The average Bonchev–Trinajstić information content (AvgIpc) is 2.91. The van der Waals surface area contributed by atoms with E-state index in [4.69, 9.17) is 9.47 Å². The predicted octanol–water partition coefficient (Wildman–Crippen LogP) is 1.74. The van der Waals surface area contributed by atoms with E-state index in [1.165, 1.54) is 0 Å². The molecule has 2 aliphatic rings. The van der Waals surface area contributed by atoms with Gasteiger partial charge in [0.25, 0.3) is 0 Å². The van der Waals surface area contributed by atoms with Gasteiger partial charge in [0.05, 0.1) is 31.8 Å². The number of hydrogen-bond acceptors (Lipinski definition) is 4. The number of ether oxygens (including phenoxy) is 2. The van der Waals surface area contributed by atoms with Gasteiger partial charge in [-0.05, 0) is 30.7 Å². The van der Waals surface area contributed by atoms with Crippen molar-refractivity contribution >= 4 is 17.2 Å². The quantitative estimate of drug-likeness (QED) is 0.918. The summed E-state index contributed by atoms with van der Waals surface area (Å²) >= 11 is 1.63. The summed E-state index contributed by atoms with van der Waals surface area (Å²) in [5, 5.41) is 5.12. The molecule has 0 radical (unpaired) electrons. The SMILES string of the molecule is O=C(Cc1cccs1)N[C@@H]1CC[C@@H]2OCCO[C@@H]2C1. The van der Waals surface area contributed by atoms with E-state index in [0.717, 1.165) is 24.1 Å². The van der Waals surface area contributed by atoms with Crippen LogP contribution in [0, 0.1) is 0 Å². The van der Waals surface area contributed by atoms with E-state index in [-0.39, 0.29) is 24.2 Å². The first-order valence-electron chi connectivity index (χ1n) is 6.86. The van der Waals surface area contributed by atoms with E-state index in [1.54, 1.807) is 11.3 Å². The van der Waals surface area contributed by atoms with Gasteiger partial charge in [0, 0.05) is 10.9 Å². The summed E-state index contributed by atoms with van der Waals surface area (Å²) in [4.78, 5) is 13.1. The van der Waals surface area contributed by atoms with Crippen LogP contribution < -0.4 is 5.32 Å². The van der Waals surface area contributed by atoms with Crippen molar-refractivity contribution in [3.63, 3.8) is 0 Å². The lowest BCUT2D eigenvalue weighted by atomic mass is 9.89. The number of thiophene rings is 1. The minimum Gasteiger partial charge on any atom is -0.373 e. The molecule has 2 fully saturated rings. The van der Waals surface area contributed by atoms with Crippen LogP contribution in [0.25, 0.3) is 0 Å². The van der Waals surface area contributed by atoms with Crippen molar-refractivity contribution in [3.05, 3.63) is 22.4 Å². The Labute approximate surface area is 117 Å².